The summed E-state index contributed by atoms with van der Waals surface area (Å²) < 4.78 is 0. The highest BCUT2D eigenvalue weighted by atomic mass is 16.3. The Hall–Kier alpha value is -1.24. The van der Waals surface area contributed by atoms with Gasteiger partial charge in [-0.3, -0.25) is 0 Å². The van der Waals surface area contributed by atoms with Crippen molar-refractivity contribution in [3.05, 3.63) is 41.5 Å². The summed E-state index contributed by atoms with van der Waals surface area (Å²) in [7, 11) is 0. The quantitative estimate of drug-likeness (QED) is 0.730. The number of hydrogen-bond acceptors (Lipinski definition) is 1. The average Bonchev–Trinajstić information content (AvgIpc) is 2.21. The molecule has 0 spiro atoms. The Morgan fingerprint density at radius 2 is 2.13 bits per heavy atom. The number of allylic oxidation sites excluding steroid dienone is 2. The summed E-state index contributed by atoms with van der Waals surface area (Å²) in [6.45, 7) is 6.32. The summed E-state index contributed by atoms with van der Waals surface area (Å²) in [5.74, 6) is 0.930. The molecule has 1 atom stereocenters. The minimum atomic E-state index is 0.358. The molecule has 1 N–H and O–H groups in total. The van der Waals surface area contributed by atoms with Crippen LogP contribution in [0, 0.1) is 6.92 Å². The van der Waals surface area contributed by atoms with Crippen LogP contribution in [0.5, 0.6) is 5.75 Å². The molecule has 0 saturated carbocycles. The molecule has 15 heavy (non-hydrogen) atoms. The first-order chi connectivity index (χ1) is 7.19. The van der Waals surface area contributed by atoms with Gasteiger partial charge in [0, 0.05) is 0 Å². The zero-order valence-corrected chi connectivity index (χ0v) is 9.83. The van der Waals surface area contributed by atoms with Crippen molar-refractivity contribution in [1.82, 2.24) is 0 Å². The van der Waals surface area contributed by atoms with E-state index in [1.54, 1.807) is 6.07 Å². The molecule has 1 unspecified atom stereocenters. The molecule has 1 heteroatoms. The van der Waals surface area contributed by atoms with Gasteiger partial charge in [-0.2, -0.15) is 0 Å². The van der Waals surface area contributed by atoms with Gasteiger partial charge in [-0.15, -0.1) is 0 Å². The zero-order chi connectivity index (χ0) is 11.3. The van der Waals surface area contributed by atoms with E-state index in [-0.39, 0.29) is 0 Å². The molecule has 1 rings (SSSR count). The Labute approximate surface area is 92.5 Å². The molecule has 0 fully saturated rings. The summed E-state index contributed by atoms with van der Waals surface area (Å²) in [6.07, 6.45) is 6.52. The summed E-state index contributed by atoms with van der Waals surface area (Å²) in [4.78, 5) is 0. The topological polar surface area (TPSA) is 20.2 Å². The molecule has 1 aromatic carbocycles. The first kappa shape index (κ1) is 11.8. The molecule has 0 bridgehead atoms. The number of aryl methyl sites for hydroxylation is 1. The highest BCUT2D eigenvalue weighted by Crippen LogP contribution is 2.28. The number of hydrogen-bond donors (Lipinski definition) is 1. The monoisotopic (exact) mass is 204 g/mol. The molecule has 0 aromatic heterocycles. The van der Waals surface area contributed by atoms with E-state index in [9.17, 15) is 5.11 Å². The minimum absolute atomic E-state index is 0.358. The molecule has 1 nitrogen and oxygen atoms in total. The summed E-state index contributed by atoms with van der Waals surface area (Å²) >= 11 is 0. The molecular weight excluding hydrogens is 184 g/mol. The van der Waals surface area contributed by atoms with Crippen molar-refractivity contribution in [2.45, 2.75) is 39.5 Å². The van der Waals surface area contributed by atoms with Crippen LogP contribution in [0.4, 0.5) is 0 Å². The second kappa shape index (κ2) is 5.59. The Morgan fingerprint density at radius 1 is 1.40 bits per heavy atom. The van der Waals surface area contributed by atoms with Crippen molar-refractivity contribution in [2.75, 3.05) is 0 Å². The van der Waals surface area contributed by atoms with Gasteiger partial charge in [0.25, 0.3) is 0 Å². The Morgan fingerprint density at radius 3 is 2.67 bits per heavy atom. The molecule has 0 aliphatic rings. The average molecular weight is 204 g/mol. The third-order valence-electron chi connectivity index (χ3n) is 2.84. The Balaban J connectivity index is 2.91. The van der Waals surface area contributed by atoms with Crippen molar-refractivity contribution in [3.8, 4) is 5.75 Å². The lowest BCUT2D eigenvalue weighted by atomic mass is 9.90. The third kappa shape index (κ3) is 3.12. The second-order valence-corrected chi connectivity index (χ2v) is 3.95. The third-order valence-corrected chi connectivity index (χ3v) is 2.84. The van der Waals surface area contributed by atoms with Gasteiger partial charge in [-0.25, -0.2) is 0 Å². The molecule has 0 amide bonds. The molecule has 82 valence electrons. The fourth-order valence-corrected chi connectivity index (χ4v) is 1.93. The van der Waals surface area contributed by atoms with Crippen LogP contribution in [0.15, 0.2) is 30.4 Å². The minimum Gasteiger partial charge on any atom is -0.508 e. The van der Waals surface area contributed by atoms with E-state index in [4.69, 9.17) is 0 Å². The number of aromatic hydroxyl groups is 1. The standard InChI is InChI=1S/C14H20O/c1-4-6-7-12(5-2)14-9-8-13(15)10-11(14)3/h4,6,8-10,12,15H,5,7H2,1-3H3/b6-4-. The van der Waals surface area contributed by atoms with Gasteiger partial charge in [0.1, 0.15) is 5.75 Å². The molecular formula is C14H20O. The van der Waals surface area contributed by atoms with E-state index >= 15 is 0 Å². The highest BCUT2D eigenvalue weighted by Gasteiger charge is 2.10. The van der Waals surface area contributed by atoms with Gasteiger partial charge >= 0.3 is 0 Å². The number of phenolic OH excluding ortho intramolecular Hbond substituents is 1. The molecule has 0 aliphatic carbocycles. The van der Waals surface area contributed by atoms with Crippen LogP contribution in [0.25, 0.3) is 0 Å². The van der Waals surface area contributed by atoms with Crippen LogP contribution in [-0.2, 0) is 0 Å². The first-order valence-electron chi connectivity index (χ1n) is 5.59. The fourth-order valence-electron chi connectivity index (χ4n) is 1.93. The largest absolute Gasteiger partial charge is 0.508 e. The van der Waals surface area contributed by atoms with Gasteiger partial charge in [0.05, 0.1) is 0 Å². The van der Waals surface area contributed by atoms with Crippen LogP contribution >= 0.6 is 0 Å². The van der Waals surface area contributed by atoms with Gasteiger partial charge in [0.2, 0.25) is 0 Å². The lowest BCUT2D eigenvalue weighted by Crippen LogP contribution is -1.98. The maximum Gasteiger partial charge on any atom is 0.115 e. The lowest BCUT2D eigenvalue weighted by molar-refractivity contribution is 0.474. The summed E-state index contributed by atoms with van der Waals surface area (Å²) in [6, 6.07) is 5.66. The molecule has 0 radical (unpaired) electrons. The van der Waals surface area contributed by atoms with E-state index in [1.165, 1.54) is 11.1 Å². The fraction of sp³-hybridized carbons (Fsp3) is 0.429. The van der Waals surface area contributed by atoms with Crippen molar-refractivity contribution in [1.29, 1.82) is 0 Å². The number of benzene rings is 1. The number of phenols is 1. The van der Waals surface area contributed by atoms with Crippen LogP contribution in [0.2, 0.25) is 0 Å². The second-order valence-electron chi connectivity index (χ2n) is 3.95. The molecule has 0 heterocycles. The first-order valence-corrected chi connectivity index (χ1v) is 5.59. The van der Waals surface area contributed by atoms with Crippen LogP contribution < -0.4 is 0 Å². The van der Waals surface area contributed by atoms with Crippen molar-refractivity contribution < 1.29 is 5.11 Å². The SMILES string of the molecule is C/C=C\CC(CC)c1ccc(O)cc1C. The van der Waals surface area contributed by atoms with E-state index < -0.39 is 0 Å². The van der Waals surface area contributed by atoms with Gasteiger partial charge in [0.15, 0.2) is 0 Å². The van der Waals surface area contributed by atoms with Crippen molar-refractivity contribution >= 4 is 0 Å². The zero-order valence-electron chi connectivity index (χ0n) is 9.83. The van der Waals surface area contributed by atoms with Crippen molar-refractivity contribution in [3.63, 3.8) is 0 Å². The predicted molar refractivity (Wildman–Crippen MR) is 65.3 cm³/mol. The van der Waals surface area contributed by atoms with E-state index in [0.29, 0.717) is 11.7 Å². The van der Waals surface area contributed by atoms with Crippen LogP contribution in [0.3, 0.4) is 0 Å². The van der Waals surface area contributed by atoms with Gasteiger partial charge in [-0.05, 0) is 55.9 Å². The lowest BCUT2D eigenvalue weighted by Gasteiger charge is -2.16. The highest BCUT2D eigenvalue weighted by molar-refractivity contribution is 5.36. The molecule has 1 aromatic rings. The summed E-state index contributed by atoms with van der Waals surface area (Å²) in [5.41, 5.74) is 2.54. The predicted octanol–water partition coefficient (Wildman–Crippen LogP) is 4.16. The van der Waals surface area contributed by atoms with E-state index in [2.05, 4.69) is 32.9 Å². The van der Waals surface area contributed by atoms with Gasteiger partial charge < -0.3 is 5.11 Å². The Kier molecular flexibility index (Phi) is 4.41. The molecule has 0 saturated heterocycles. The normalized spacial score (nSPS) is 13.3. The Bertz CT molecular complexity index is 339. The maximum absolute atomic E-state index is 9.35. The van der Waals surface area contributed by atoms with E-state index in [1.807, 2.05) is 12.1 Å². The smallest absolute Gasteiger partial charge is 0.115 e. The van der Waals surface area contributed by atoms with Crippen LogP contribution in [0.1, 0.15) is 43.7 Å². The van der Waals surface area contributed by atoms with E-state index in [0.717, 1.165) is 12.8 Å². The summed E-state index contributed by atoms with van der Waals surface area (Å²) in [5, 5.41) is 9.35. The number of rotatable bonds is 4. The maximum atomic E-state index is 9.35. The molecule has 0 aliphatic heterocycles. The van der Waals surface area contributed by atoms with Crippen molar-refractivity contribution in [2.24, 2.45) is 0 Å². The van der Waals surface area contributed by atoms with Crippen LogP contribution in [-0.4, -0.2) is 5.11 Å². The van der Waals surface area contributed by atoms with Gasteiger partial charge in [-0.1, -0.05) is 25.1 Å².